The molecule has 4 heteroatoms. The highest BCUT2D eigenvalue weighted by atomic mass is 16.5. The van der Waals surface area contributed by atoms with Gasteiger partial charge in [0.1, 0.15) is 5.76 Å². The van der Waals surface area contributed by atoms with E-state index in [2.05, 4.69) is 6.58 Å². The first-order chi connectivity index (χ1) is 6.90. The van der Waals surface area contributed by atoms with Gasteiger partial charge in [-0.05, 0) is 27.7 Å². The molecule has 0 aliphatic rings. The molecule has 84 valence electrons. The Bertz CT molecular complexity index is 313. The predicted octanol–water partition coefficient (Wildman–Crippen LogP) is 1.96. The Hall–Kier alpha value is -1.58. The van der Waals surface area contributed by atoms with Crippen molar-refractivity contribution in [2.45, 2.75) is 27.7 Å². The summed E-state index contributed by atoms with van der Waals surface area (Å²) in [4.78, 5) is 22.4. The third-order valence-corrected chi connectivity index (χ3v) is 1.70. The lowest BCUT2D eigenvalue weighted by Crippen LogP contribution is -2.11. The third-order valence-electron chi connectivity index (χ3n) is 1.70. The van der Waals surface area contributed by atoms with Crippen LogP contribution < -0.4 is 0 Å². The highest BCUT2D eigenvalue weighted by Crippen LogP contribution is 2.09. The maximum Gasteiger partial charge on any atom is 0.338 e. The summed E-state index contributed by atoms with van der Waals surface area (Å²) >= 11 is 0. The van der Waals surface area contributed by atoms with Crippen molar-refractivity contribution in [2.75, 3.05) is 6.61 Å². The van der Waals surface area contributed by atoms with Crippen LogP contribution in [0.2, 0.25) is 0 Å². The highest BCUT2D eigenvalue weighted by Gasteiger charge is 2.12. The van der Waals surface area contributed by atoms with Gasteiger partial charge in [0.25, 0.3) is 0 Å². The van der Waals surface area contributed by atoms with Crippen LogP contribution in [0.25, 0.3) is 0 Å². The quantitative estimate of drug-likeness (QED) is 0.406. The van der Waals surface area contributed by atoms with Crippen LogP contribution in [0.4, 0.5) is 0 Å². The summed E-state index contributed by atoms with van der Waals surface area (Å²) in [7, 11) is 0. The summed E-state index contributed by atoms with van der Waals surface area (Å²) in [5, 5.41) is 0. The SMILES string of the molecule is C=C(C)C(=O)O/C(C)=C(/C)C(=O)OCC. The van der Waals surface area contributed by atoms with Crippen LogP contribution in [-0.4, -0.2) is 18.5 Å². The molecule has 0 amide bonds. The number of allylic oxidation sites excluding steroid dienone is 1. The molecule has 0 bridgehead atoms. The Morgan fingerprint density at radius 1 is 1.13 bits per heavy atom. The van der Waals surface area contributed by atoms with Crippen molar-refractivity contribution in [1.82, 2.24) is 0 Å². The number of ether oxygens (including phenoxy) is 2. The Labute approximate surface area is 89.6 Å². The zero-order valence-corrected chi connectivity index (χ0v) is 9.55. The van der Waals surface area contributed by atoms with Gasteiger partial charge in [-0.1, -0.05) is 6.58 Å². The number of rotatable bonds is 4. The topological polar surface area (TPSA) is 52.6 Å². The van der Waals surface area contributed by atoms with Gasteiger partial charge in [-0.3, -0.25) is 0 Å². The maximum absolute atomic E-state index is 11.2. The standard InChI is InChI=1S/C11H16O4/c1-6-14-11(13)8(4)9(5)15-10(12)7(2)3/h2,6H2,1,3-5H3/b9-8-. The lowest BCUT2D eigenvalue weighted by Gasteiger charge is -2.07. The smallest absolute Gasteiger partial charge is 0.338 e. The number of carbonyl (C=O) groups is 2. The van der Waals surface area contributed by atoms with Crippen LogP contribution in [0.5, 0.6) is 0 Å². The molecular weight excluding hydrogens is 196 g/mol. The summed E-state index contributed by atoms with van der Waals surface area (Å²) < 4.78 is 9.64. The zero-order chi connectivity index (χ0) is 12.0. The lowest BCUT2D eigenvalue weighted by molar-refractivity contribution is -0.139. The molecule has 0 saturated heterocycles. The minimum absolute atomic E-state index is 0.237. The molecule has 0 aromatic heterocycles. The molecule has 0 aromatic rings. The second-order valence-corrected chi connectivity index (χ2v) is 3.07. The van der Waals surface area contributed by atoms with Gasteiger partial charge in [0, 0.05) is 5.57 Å². The van der Waals surface area contributed by atoms with Crippen molar-refractivity contribution in [2.24, 2.45) is 0 Å². The van der Waals surface area contributed by atoms with Crippen molar-refractivity contribution in [3.8, 4) is 0 Å². The van der Waals surface area contributed by atoms with Gasteiger partial charge in [-0.15, -0.1) is 0 Å². The molecule has 0 fully saturated rings. The molecule has 0 radical (unpaired) electrons. The molecule has 0 rings (SSSR count). The van der Waals surface area contributed by atoms with E-state index in [-0.39, 0.29) is 23.5 Å². The van der Waals surface area contributed by atoms with E-state index in [4.69, 9.17) is 9.47 Å². The zero-order valence-electron chi connectivity index (χ0n) is 9.55. The van der Waals surface area contributed by atoms with E-state index in [1.807, 2.05) is 0 Å². The Morgan fingerprint density at radius 3 is 2.07 bits per heavy atom. The summed E-state index contributed by atoms with van der Waals surface area (Å²) in [6.07, 6.45) is 0. The van der Waals surface area contributed by atoms with E-state index in [1.165, 1.54) is 13.8 Å². The van der Waals surface area contributed by atoms with Gasteiger partial charge < -0.3 is 9.47 Å². The average Bonchev–Trinajstić information content (AvgIpc) is 2.16. The number of hydrogen-bond acceptors (Lipinski definition) is 4. The summed E-state index contributed by atoms with van der Waals surface area (Å²) in [5.41, 5.74) is 0.567. The molecule has 0 aliphatic heterocycles. The van der Waals surface area contributed by atoms with Crippen molar-refractivity contribution in [3.63, 3.8) is 0 Å². The fourth-order valence-electron chi connectivity index (χ4n) is 0.686. The van der Waals surface area contributed by atoms with E-state index < -0.39 is 11.9 Å². The highest BCUT2D eigenvalue weighted by molar-refractivity contribution is 5.91. The van der Waals surface area contributed by atoms with Crippen molar-refractivity contribution >= 4 is 11.9 Å². The second kappa shape index (κ2) is 6.01. The molecule has 4 nitrogen and oxygen atoms in total. The first kappa shape index (κ1) is 13.4. The van der Waals surface area contributed by atoms with Crippen molar-refractivity contribution in [3.05, 3.63) is 23.5 Å². The Kier molecular flexibility index (Phi) is 5.37. The molecule has 0 N–H and O–H groups in total. The van der Waals surface area contributed by atoms with Crippen LogP contribution in [0.1, 0.15) is 27.7 Å². The molecule has 0 atom stereocenters. The van der Waals surface area contributed by atoms with Gasteiger partial charge in [-0.2, -0.15) is 0 Å². The van der Waals surface area contributed by atoms with E-state index >= 15 is 0 Å². The molecule has 0 aliphatic carbocycles. The van der Waals surface area contributed by atoms with E-state index in [9.17, 15) is 9.59 Å². The molecule has 15 heavy (non-hydrogen) atoms. The fourth-order valence-corrected chi connectivity index (χ4v) is 0.686. The lowest BCUT2D eigenvalue weighted by atomic mass is 10.2. The Balaban J connectivity index is 4.58. The van der Waals surface area contributed by atoms with Crippen LogP contribution >= 0.6 is 0 Å². The molecular formula is C11H16O4. The summed E-state index contributed by atoms with van der Waals surface area (Å²) in [6, 6.07) is 0. The average molecular weight is 212 g/mol. The van der Waals surface area contributed by atoms with E-state index in [0.717, 1.165) is 0 Å². The van der Waals surface area contributed by atoms with Crippen LogP contribution in [0.15, 0.2) is 23.5 Å². The Morgan fingerprint density at radius 2 is 1.67 bits per heavy atom. The minimum atomic E-state index is -0.545. The molecule has 0 saturated carbocycles. The van der Waals surface area contributed by atoms with E-state index in [0.29, 0.717) is 0 Å². The predicted molar refractivity (Wildman–Crippen MR) is 55.9 cm³/mol. The molecule has 0 aromatic carbocycles. The summed E-state index contributed by atoms with van der Waals surface area (Å²) in [6.45, 7) is 10.0. The monoisotopic (exact) mass is 212 g/mol. The van der Waals surface area contributed by atoms with Gasteiger partial charge in [0.15, 0.2) is 0 Å². The minimum Gasteiger partial charge on any atom is -0.463 e. The number of hydrogen-bond donors (Lipinski definition) is 0. The number of esters is 2. The second-order valence-electron chi connectivity index (χ2n) is 3.07. The first-order valence-electron chi connectivity index (χ1n) is 4.62. The van der Waals surface area contributed by atoms with Crippen LogP contribution in [0, 0.1) is 0 Å². The molecule has 0 unspecified atom stereocenters. The number of carbonyl (C=O) groups excluding carboxylic acids is 2. The fraction of sp³-hybridized carbons (Fsp3) is 0.455. The normalized spacial score (nSPS) is 11.5. The van der Waals surface area contributed by atoms with Gasteiger partial charge in [0.2, 0.25) is 0 Å². The largest absolute Gasteiger partial charge is 0.463 e. The van der Waals surface area contributed by atoms with E-state index in [1.54, 1.807) is 13.8 Å². The van der Waals surface area contributed by atoms with Crippen molar-refractivity contribution < 1.29 is 19.1 Å². The molecule has 0 heterocycles. The molecule has 0 spiro atoms. The van der Waals surface area contributed by atoms with Crippen molar-refractivity contribution in [1.29, 1.82) is 0 Å². The van der Waals surface area contributed by atoms with Crippen LogP contribution in [0.3, 0.4) is 0 Å². The maximum atomic E-state index is 11.2. The van der Waals surface area contributed by atoms with Gasteiger partial charge in [0.05, 0.1) is 12.2 Å². The third kappa shape index (κ3) is 4.44. The van der Waals surface area contributed by atoms with Crippen LogP contribution in [-0.2, 0) is 19.1 Å². The summed E-state index contributed by atoms with van der Waals surface area (Å²) in [5.74, 6) is -0.790. The first-order valence-corrected chi connectivity index (χ1v) is 4.62. The van der Waals surface area contributed by atoms with Gasteiger partial charge in [-0.25, -0.2) is 9.59 Å². The van der Waals surface area contributed by atoms with Gasteiger partial charge >= 0.3 is 11.9 Å².